The molecule has 0 bridgehead atoms. The summed E-state index contributed by atoms with van der Waals surface area (Å²) in [6.45, 7) is 1.96. The fraction of sp³-hybridized carbons (Fsp3) is 0.375. The predicted octanol–water partition coefficient (Wildman–Crippen LogP) is 1.59. The van der Waals surface area contributed by atoms with E-state index in [1.165, 1.54) is 0 Å². The Morgan fingerprint density at radius 2 is 2.21 bits per heavy atom. The molecule has 5 N–H and O–H groups in total. The van der Waals surface area contributed by atoms with Gasteiger partial charge in [0.15, 0.2) is 0 Å². The smallest absolute Gasteiger partial charge is 0.145 e. The molecular formula is C8H16Cl2N4. The van der Waals surface area contributed by atoms with Gasteiger partial charge in [0.25, 0.3) is 0 Å². The fourth-order valence-corrected chi connectivity index (χ4v) is 0.848. The molecule has 0 aliphatic carbocycles. The highest BCUT2D eigenvalue weighted by atomic mass is 35.5. The molecule has 1 heterocycles. The van der Waals surface area contributed by atoms with Gasteiger partial charge in [-0.1, -0.05) is 6.08 Å². The summed E-state index contributed by atoms with van der Waals surface area (Å²) in [6.07, 6.45) is 4.78. The van der Waals surface area contributed by atoms with E-state index in [1.807, 2.05) is 19.1 Å². The minimum atomic E-state index is 0. The Morgan fingerprint density at radius 1 is 1.57 bits per heavy atom. The summed E-state index contributed by atoms with van der Waals surface area (Å²) in [7, 11) is 0. The van der Waals surface area contributed by atoms with Crippen molar-refractivity contribution in [2.75, 3.05) is 5.73 Å². The summed E-state index contributed by atoms with van der Waals surface area (Å²) in [6, 6.07) is 1.97. The Balaban J connectivity index is 0. The summed E-state index contributed by atoms with van der Waals surface area (Å²) in [4.78, 5) is 0. The third kappa shape index (κ3) is 5.85. The summed E-state index contributed by atoms with van der Waals surface area (Å²) >= 11 is 0. The van der Waals surface area contributed by atoms with Gasteiger partial charge in [0.2, 0.25) is 0 Å². The van der Waals surface area contributed by atoms with Crippen molar-refractivity contribution in [1.82, 2.24) is 10.2 Å². The molecular weight excluding hydrogens is 223 g/mol. The zero-order valence-electron chi connectivity index (χ0n) is 7.93. The SMILES string of the molecule is C[C@H](N)C/C=C/c1cc(N)n[nH]1.Cl.Cl. The van der Waals surface area contributed by atoms with E-state index in [0.717, 1.165) is 12.1 Å². The lowest BCUT2D eigenvalue weighted by Gasteiger charge is -1.95. The Kier molecular flexibility index (Phi) is 8.63. The summed E-state index contributed by atoms with van der Waals surface area (Å²) < 4.78 is 0. The van der Waals surface area contributed by atoms with E-state index in [1.54, 1.807) is 6.07 Å². The largest absolute Gasteiger partial charge is 0.382 e. The van der Waals surface area contributed by atoms with Crippen LogP contribution >= 0.6 is 24.8 Å². The van der Waals surface area contributed by atoms with Crippen LogP contribution in [0.3, 0.4) is 0 Å². The number of H-pyrrole nitrogens is 1. The van der Waals surface area contributed by atoms with Gasteiger partial charge in [0.05, 0.1) is 5.69 Å². The van der Waals surface area contributed by atoms with Crippen LogP contribution in [0.15, 0.2) is 12.1 Å². The van der Waals surface area contributed by atoms with Crippen LogP contribution < -0.4 is 11.5 Å². The molecule has 4 nitrogen and oxygen atoms in total. The highest BCUT2D eigenvalue weighted by Crippen LogP contribution is 2.03. The van der Waals surface area contributed by atoms with Gasteiger partial charge in [-0.2, -0.15) is 5.10 Å². The quantitative estimate of drug-likeness (QED) is 0.749. The highest BCUT2D eigenvalue weighted by Gasteiger charge is 1.92. The topological polar surface area (TPSA) is 80.7 Å². The van der Waals surface area contributed by atoms with Gasteiger partial charge >= 0.3 is 0 Å². The number of halogens is 2. The first-order valence-electron chi connectivity index (χ1n) is 3.91. The van der Waals surface area contributed by atoms with Crippen molar-refractivity contribution in [1.29, 1.82) is 0 Å². The maximum Gasteiger partial charge on any atom is 0.145 e. The first-order chi connectivity index (χ1) is 5.68. The Morgan fingerprint density at radius 3 is 2.64 bits per heavy atom. The highest BCUT2D eigenvalue weighted by molar-refractivity contribution is 5.85. The number of nitrogens with two attached hydrogens (primary N) is 2. The zero-order chi connectivity index (χ0) is 8.97. The Bertz CT molecular complexity index is 270. The van der Waals surface area contributed by atoms with Gasteiger partial charge < -0.3 is 11.5 Å². The Labute approximate surface area is 95.9 Å². The van der Waals surface area contributed by atoms with Gasteiger partial charge in [-0.05, 0) is 19.4 Å². The first-order valence-corrected chi connectivity index (χ1v) is 3.91. The molecule has 0 spiro atoms. The van der Waals surface area contributed by atoms with Crippen LogP contribution in [-0.2, 0) is 0 Å². The molecule has 0 fully saturated rings. The molecule has 1 aromatic heterocycles. The second-order valence-corrected chi connectivity index (χ2v) is 2.86. The number of nitrogens with zero attached hydrogens (tertiary/aromatic N) is 1. The number of hydrogen-bond donors (Lipinski definition) is 3. The van der Waals surface area contributed by atoms with Crippen LogP contribution in [0.25, 0.3) is 6.08 Å². The average molecular weight is 239 g/mol. The lowest BCUT2D eigenvalue weighted by atomic mass is 10.2. The minimum Gasteiger partial charge on any atom is -0.382 e. The number of nitrogen functional groups attached to an aromatic ring is 1. The molecule has 1 atom stereocenters. The van der Waals surface area contributed by atoms with Crippen LogP contribution in [0.4, 0.5) is 5.82 Å². The summed E-state index contributed by atoms with van der Waals surface area (Å²) in [5, 5.41) is 6.56. The number of rotatable bonds is 3. The maximum absolute atomic E-state index is 5.56. The van der Waals surface area contributed by atoms with E-state index in [9.17, 15) is 0 Å². The zero-order valence-corrected chi connectivity index (χ0v) is 9.57. The molecule has 0 saturated heterocycles. The molecule has 14 heavy (non-hydrogen) atoms. The normalized spacial score (nSPS) is 11.9. The van der Waals surface area contributed by atoms with Crippen LogP contribution in [0.5, 0.6) is 0 Å². The van der Waals surface area contributed by atoms with E-state index >= 15 is 0 Å². The Hall–Kier alpha value is -0.710. The van der Waals surface area contributed by atoms with Crippen LogP contribution in [-0.4, -0.2) is 16.2 Å². The van der Waals surface area contributed by atoms with E-state index < -0.39 is 0 Å². The van der Waals surface area contributed by atoms with Crippen molar-refractivity contribution in [2.45, 2.75) is 19.4 Å². The number of nitrogens with one attached hydrogen (secondary N) is 1. The molecule has 0 amide bonds. The molecule has 0 aromatic carbocycles. The first kappa shape index (κ1) is 15.7. The monoisotopic (exact) mass is 238 g/mol. The lowest BCUT2D eigenvalue weighted by Crippen LogP contribution is -2.12. The van der Waals surface area contributed by atoms with Gasteiger partial charge in [-0.3, -0.25) is 5.10 Å². The molecule has 1 aromatic rings. The molecule has 0 unspecified atom stereocenters. The number of aromatic nitrogens is 2. The molecule has 0 radical (unpaired) electrons. The van der Waals surface area contributed by atoms with Crippen LogP contribution in [0.2, 0.25) is 0 Å². The number of anilines is 1. The third-order valence-corrected chi connectivity index (χ3v) is 1.42. The van der Waals surface area contributed by atoms with Crippen molar-refractivity contribution in [3.8, 4) is 0 Å². The van der Waals surface area contributed by atoms with E-state index in [4.69, 9.17) is 11.5 Å². The molecule has 0 saturated carbocycles. The van der Waals surface area contributed by atoms with E-state index in [2.05, 4.69) is 10.2 Å². The van der Waals surface area contributed by atoms with Crippen LogP contribution in [0.1, 0.15) is 19.0 Å². The minimum absolute atomic E-state index is 0. The summed E-state index contributed by atoms with van der Waals surface area (Å²) in [5.41, 5.74) is 11.9. The fourth-order valence-electron chi connectivity index (χ4n) is 0.848. The molecule has 6 heteroatoms. The average Bonchev–Trinajstić information content (AvgIpc) is 2.35. The van der Waals surface area contributed by atoms with Crippen molar-refractivity contribution in [3.63, 3.8) is 0 Å². The maximum atomic E-state index is 5.56. The lowest BCUT2D eigenvalue weighted by molar-refractivity contribution is 0.759. The van der Waals surface area contributed by atoms with E-state index in [-0.39, 0.29) is 30.9 Å². The van der Waals surface area contributed by atoms with Gasteiger partial charge in [-0.15, -0.1) is 24.8 Å². The van der Waals surface area contributed by atoms with Gasteiger partial charge in [0.1, 0.15) is 5.82 Å². The second kappa shape index (κ2) is 7.67. The van der Waals surface area contributed by atoms with Crippen LogP contribution in [0, 0.1) is 0 Å². The predicted molar refractivity (Wildman–Crippen MR) is 64.8 cm³/mol. The van der Waals surface area contributed by atoms with Crippen molar-refractivity contribution in [2.24, 2.45) is 5.73 Å². The third-order valence-electron chi connectivity index (χ3n) is 1.42. The number of hydrogen-bond acceptors (Lipinski definition) is 3. The van der Waals surface area contributed by atoms with Crippen molar-refractivity contribution < 1.29 is 0 Å². The molecule has 0 aliphatic rings. The van der Waals surface area contributed by atoms with E-state index in [0.29, 0.717) is 5.82 Å². The van der Waals surface area contributed by atoms with Gasteiger partial charge in [-0.25, -0.2) is 0 Å². The standard InChI is InChI=1S/C8H14N4.2ClH/c1-6(9)3-2-4-7-5-8(10)12-11-7;;/h2,4-6H,3,9H2,1H3,(H3,10,11,12);2*1H/b4-2+;;/t6-;;/m0../s1. The molecule has 1 rings (SSSR count). The van der Waals surface area contributed by atoms with Crippen molar-refractivity contribution in [3.05, 3.63) is 17.8 Å². The summed E-state index contributed by atoms with van der Waals surface area (Å²) in [5.74, 6) is 0.510. The molecule has 0 aliphatic heterocycles. The second-order valence-electron chi connectivity index (χ2n) is 2.86. The van der Waals surface area contributed by atoms with Gasteiger partial charge in [0, 0.05) is 12.1 Å². The molecule has 82 valence electrons. The van der Waals surface area contributed by atoms with Crippen molar-refractivity contribution >= 4 is 36.7 Å². The number of aromatic amines is 1.